The molecule has 0 aromatic rings. The molecule has 17 heavy (non-hydrogen) atoms. The lowest BCUT2D eigenvalue weighted by Gasteiger charge is -2.42. The van der Waals surface area contributed by atoms with Gasteiger partial charge in [0.05, 0.1) is 0 Å². The first-order valence-electron chi connectivity index (χ1n) is 5.04. The largest absolute Gasteiger partial charge is 0.478 e. The Labute approximate surface area is 95.5 Å². The van der Waals surface area contributed by atoms with Crippen LogP contribution in [0.1, 0.15) is 25.7 Å². The molecule has 7 heteroatoms. The highest BCUT2D eigenvalue weighted by Crippen LogP contribution is 2.36. The zero-order valence-electron chi connectivity index (χ0n) is 8.88. The number of nitrogens with one attached hydrogen (secondary N) is 1. The predicted octanol–water partition coefficient (Wildman–Crippen LogP) is 1.62. The summed E-state index contributed by atoms with van der Waals surface area (Å²) < 4.78 is 36.2. The summed E-state index contributed by atoms with van der Waals surface area (Å²) >= 11 is 0. The van der Waals surface area contributed by atoms with Gasteiger partial charge >= 0.3 is 18.1 Å². The molecule has 1 aliphatic rings. The Morgan fingerprint density at radius 2 is 1.94 bits per heavy atom. The van der Waals surface area contributed by atoms with Gasteiger partial charge in [-0.25, -0.2) is 4.79 Å². The topological polar surface area (TPSA) is 66.4 Å². The molecule has 0 unspecified atom stereocenters. The summed E-state index contributed by atoms with van der Waals surface area (Å²) in [5.41, 5.74) is -0.932. The average Bonchev–Trinajstić information content (AvgIpc) is 2.11. The molecule has 0 aromatic carbocycles. The maximum atomic E-state index is 12.1. The van der Waals surface area contributed by atoms with Crippen LogP contribution in [0, 0.1) is 0 Å². The van der Waals surface area contributed by atoms with E-state index in [0.717, 1.165) is 12.5 Å². The Morgan fingerprint density at radius 3 is 2.29 bits per heavy atom. The van der Waals surface area contributed by atoms with Crippen molar-refractivity contribution in [3.05, 3.63) is 12.2 Å². The zero-order valence-corrected chi connectivity index (χ0v) is 8.88. The van der Waals surface area contributed by atoms with Crippen LogP contribution in [0.5, 0.6) is 0 Å². The van der Waals surface area contributed by atoms with Crippen molar-refractivity contribution in [1.29, 1.82) is 0 Å². The third-order valence-electron chi connectivity index (χ3n) is 2.72. The smallest absolute Gasteiger partial charge is 0.471 e. The molecular formula is C10H12F3NO3. The van der Waals surface area contributed by atoms with E-state index < -0.39 is 23.6 Å². The lowest BCUT2D eigenvalue weighted by molar-refractivity contribution is -0.176. The lowest BCUT2D eigenvalue weighted by atomic mass is 9.74. The van der Waals surface area contributed by atoms with E-state index in [-0.39, 0.29) is 6.42 Å². The number of carbonyl (C=O) groups excluding carboxylic acids is 1. The van der Waals surface area contributed by atoms with E-state index in [1.807, 2.05) is 5.32 Å². The van der Waals surface area contributed by atoms with Crippen LogP contribution in [0.25, 0.3) is 0 Å². The number of hydrogen-bond donors (Lipinski definition) is 2. The first-order valence-corrected chi connectivity index (χ1v) is 5.04. The SMILES string of the molecule is O=C(O)/C=C/CC1(NC(=O)C(F)(F)F)CCC1. The van der Waals surface area contributed by atoms with Crippen LogP contribution >= 0.6 is 0 Å². The maximum absolute atomic E-state index is 12.1. The van der Waals surface area contributed by atoms with E-state index in [1.54, 1.807) is 0 Å². The van der Waals surface area contributed by atoms with Crippen LogP contribution in [-0.2, 0) is 9.59 Å². The molecule has 0 aliphatic heterocycles. The maximum Gasteiger partial charge on any atom is 0.471 e. The fraction of sp³-hybridized carbons (Fsp3) is 0.600. The van der Waals surface area contributed by atoms with E-state index >= 15 is 0 Å². The highest BCUT2D eigenvalue weighted by atomic mass is 19.4. The fourth-order valence-electron chi connectivity index (χ4n) is 1.68. The Balaban J connectivity index is 2.58. The molecule has 0 bridgehead atoms. The Bertz CT molecular complexity index is 345. The van der Waals surface area contributed by atoms with Gasteiger partial charge in [-0.2, -0.15) is 13.2 Å². The molecule has 4 nitrogen and oxygen atoms in total. The van der Waals surface area contributed by atoms with Gasteiger partial charge in [-0.15, -0.1) is 0 Å². The van der Waals surface area contributed by atoms with Crippen molar-refractivity contribution in [2.45, 2.75) is 37.4 Å². The fourth-order valence-corrected chi connectivity index (χ4v) is 1.68. The van der Waals surface area contributed by atoms with Crippen molar-refractivity contribution in [3.8, 4) is 0 Å². The molecule has 0 heterocycles. The van der Waals surface area contributed by atoms with Crippen LogP contribution in [0.15, 0.2) is 12.2 Å². The second-order valence-corrected chi connectivity index (χ2v) is 4.03. The lowest BCUT2D eigenvalue weighted by Crippen LogP contribution is -2.56. The molecule has 0 radical (unpaired) electrons. The molecule has 0 aromatic heterocycles. The molecule has 96 valence electrons. The molecule has 1 fully saturated rings. The van der Waals surface area contributed by atoms with E-state index in [9.17, 15) is 22.8 Å². The van der Waals surface area contributed by atoms with Crippen LogP contribution in [-0.4, -0.2) is 28.7 Å². The summed E-state index contributed by atoms with van der Waals surface area (Å²) in [7, 11) is 0. The van der Waals surface area contributed by atoms with Crippen LogP contribution in [0.3, 0.4) is 0 Å². The number of amides is 1. The van der Waals surface area contributed by atoms with Gasteiger partial charge < -0.3 is 10.4 Å². The molecule has 0 atom stereocenters. The molecule has 1 aliphatic carbocycles. The number of carbonyl (C=O) groups is 2. The minimum absolute atomic E-state index is 0.0983. The van der Waals surface area contributed by atoms with Crippen molar-refractivity contribution < 1.29 is 27.9 Å². The van der Waals surface area contributed by atoms with Gasteiger partial charge in [-0.1, -0.05) is 6.08 Å². The van der Waals surface area contributed by atoms with Gasteiger partial charge in [0.25, 0.3) is 0 Å². The predicted molar refractivity (Wildman–Crippen MR) is 52.2 cm³/mol. The van der Waals surface area contributed by atoms with Gasteiger partial charge in [0.15, 0.2) is 0 Å². The van der Waals surface area contributed by atoms with Crippen molar-refractivity contribution >= 4 is 11.9 Å². The molecule has 1 rings (SSSR count). The van der Waals surface area contributed by atoms with Crippen molar-refractivity contribution in [2.75, 3.05) is 0 Å². The Hall–Kier alpha value is -1.53. The summed E-state index contributed by atoms with van der Waals surface area (Å²) in [4.78, 5) is 21.0. The van der Waals surface area contributed by atoms with Gasteiger partial charge in [-0.05, 0) is 25.7 Å². The second-order valence-electron chi connectivity index (χ2n) is 4.03. The van der Waals surface area contributed by atoms with Crippen molar-refractivity contribution in [1.82, 2.24) is 5.32 Å². The van der Waals surface area contributed by atoms with Gasteiger partial charge in [0, 0.05) is 11.6 Å². The van der Waals surface area contributed by atoms with Crippen LogP contribution in [0.2, 0.25) is 0 Å². The summed E-state index contributed by atoms with van der Waals surface area (Å²) in [6.07, 6.45) is -1.10. The Kier molecular flexibility index (Phi) is 3.79. The third-order valence-corrected chi connectivity index (χ3v) is 2.72. The minimum Gasteiger partial charge on any atom is -0.478 e. The van der Waals surface area contributed by atoms with E-state index in [4.69, 9.17) is 5.11 Å². The number of alkyl halides is 3. The molecule has 1 saturated carbocycles. The van der Waals surface area contributed by atoms with Gasteiger partial charge in [0.1, 0.15) is 0 Å². The van der Waals surface area contributed by atoms with Crippen LogP contribution < -0.4 is 5.32 Å². The van der Waals surface area contributed by atoms with E-state index in [1.165, 1.54) is 6.08 Å². The number of halogens is 3. The van der Waals surface area contributed by atoms with Gasteiger partial charge in [-0.3, -0.25) is 4.79 Å². The quantitative estimate of drug-likeness (QED) is 0.746. The van der Waals surface area contributed by atoms with Crippen LogP contribution in [0.4, 0.5) is 13.2 Å². The zero-order chi connectivity index (χ0) is 13.1. The number of hydrogen-bond acceptors (Lipinski definition) is 2. The normalized spacial score (nSPS) is 18.8. The van der Waals surface area contributed by atoms with E-state index in [2.05, 4.69) is 0 Å². The number of carboxylic acid groups (broad SMARTS) is 1. The monoisotopic (exact) mass is 251 g/mol. The summed E-state index contributed by atoms with van der Waals surface area (Å²) in [5.74, 6) is -3.14. The molecule has 2 N–H and O–H groups in total. The minimum atomic E-state index is -4.90. The summed E-state index contributed by atoms with van der Waals surface area (Å²) in [6.45, 7) is 0. The Morgan fingerprint density at radius 1 is 1.35 bits per heavy atom. The van der Waals surface area contributed by atoms with Gasteiger partial charge in [0.2, 0.25) is 0 Å². The number of rotatable bonds is 4. The number of aliphatic carboxylic acids is 1. The highest BCUT2D eigenvalue weighted by molar-refractivity contribution is 5.82. The standard InChI is InChI=1S/C10H12F3NO3/c11-10(12,13)8(17)14-9(5-2-6-9)4-1-3-7(15)16/h1,3H,2,4-6H2,(H,14,17)(H,15,16)/b3-1+. The number of carboxylic acids is 1. The van der Waals surface area contributed by atoms with Crippen molar-refractivity contribution in [3.63, 3.8) is 0 Å². The third kappa shape index (κ3) is 3.76. The molecule has 0 spiro atoms. The summed E-state index contributed by atoms with van der Waals surface area (Å²) in [6, 6.07) is 0. The molecule has 0 saturated heterocycles. The van der Waals surface area contributed by atoms with Crippen molar-refractivity contribution in [2.24, 2.45) is 0 Å². The average molecular weight is 251 g/mol. The highest BCUT2D eigenvalue weighted by Gasteiger charge is 2.45. The molecule has 1 amide bonds. The van der Waals surface area contributed by atoms with E-state index in [0.29, 0.717) is 12.8 Å². The first-order chi connectivity index (χ1) is 7.75. The second kappa shape index (κ2) is 4.77. The summed E-state index contributed by atoms with van der Waals surface area (Å²) in [5, 5.41) is 10.3. The molecular weight excluding hydrogens is 239 g/mol. The first kappa shape index (κ1) is 13.5.